The second kappa shape index (κ2) is 7.36. The Morgan fingerprint density at radius 1 is 0.808 bits per heavy atom. The molecule has 3 rings (SSSR count). The number of aliphatic imine (C=N–C) groups is 2. The molecule has 2 aliphatic rings. The number of allylic oxidation sites excluding steroid dienone is 4. The first-order chi connectivity index (χ1) is 12.4. The van der Waals surface area contributed by atoms with Crippen molar-refractivity contribution in [2.24, 2.45) is 9.98 Å². The minimum Gasteiger partial charge on any atom is -0.277 e. The van der Waals surface area contributed by atoms with Gasteiger partial charge < -0.3 is 0 Å². The van der Waals surface area contributed by atoms with Crippen LogP contribution in [0.25, 0.3) is 0 Å². The molecule has 2 aliphatic carbocycles. The van der Waals surface area contributed by atoms with E-state index in [1.807, 2.05) is 32.0 Å². The molecule has 0 fully saturated rings. The summed E-state index contributed by atoms with van der Waals surface area (Å²) in [5.41, 5.74) is 3.34. The fourth-order valence-corrected chi connectivity index (χ4v) is 3.32. The molecule has 0 bridgehead atoms. The zero-order valence-electron chi connectivity index (χ0n) is 16.1. The van der Waals surface area contributed by atoms with Crippen molar-refractivity contribution in [3.8, 4) is 0 Å². The van der Waals surface area contributed by atoms with Crippen LogP contribution in [0.4, 0.5) is 0 Å². The topological polar surface area (TPSA) is 37.6 Å². The van der Waals surface area contributed by atoms with Gasteiger partial charge in [-0.3, -0.25) is 9.98 Å². The molecule has 26 heavy (non-hydrogen) atoms. The van der Waals surface area contributed by atoms with Crippen LogP contribution in [-0.4, -0.2) is 27.5 Å². The van der Waals surface area contributed by atoms with Gasteiger partial charge in [0.1, 0.15) is 0 Å². The van der Waals surface area contributed by atoms with Gasteiger partial charge in [-0.05, 0) is 52.7 Å². The Labute approximate surface area is 156 Å². The van der Waals surface area contributed by atoms with Crippen LogP contribution in [0.5, 0.6) is 0 Å². The Morgan fingerprint density at radius 2 is 1.27 bits per heavy atom. The maximum atomic E-state index is 4.92. The summed E-state index contributed by atoms with van der Waals surface area (Å²) in [4.78, 5) is 14.7. The maximum absolute atomic E-state index is 4.92. The minimum atomic E-state index is -0.188. The normalized spacial score (nSPS) is 28.6. The van der Waals surface area contributed by atoms with Crippen LogP contribution >= 0.6 is 0 Å². The largest absolute Gasteiger partial charge is 0.277 e. The first kappa shape index (κ1) is 18.2. The molecule has 0 amide bonds. The molecule has 2 unspecified atom stereocenters. The Bertz CT molecular complexity index is 787. The van der Waals surface area contributed by atoms with Crippen molar-refractivity contribution in [2.45, 2.75) is 51.6 Å². The van der Waals surface area contributed by atoms with E-state index in [-0.39, 0.29) is 11.1 Å². The Hall–Kier alpha value is -2.55. The van der Waals surface area contributed by atoms with Crippen LogP contribution in [0.3, 0.4) is 0 Å². The molecule has 134 valence electrons. The van der Waals surface area contributed by atoms with Gasteiger partial charge >= 0.3 is 0 Å². The standard InChI is InChI=1S/C23H27N3/c1-18(25-22(3)14-7-5-8-15-22)20-12-11-13-21(24-20)19(2)26-23(4)16-9-6-10-17-23/h5-14,16H,15,17H2,1-4H3. The molecule has 3 heteroatoms. The molecule has 2 atom stereocenters. The van der Waals surface area contributed by atoms with Gasteiger partial charge in [-0.1, -0.05) is 54.7 Å². The summed E-state index contributed by atoms with van der Waals surface area (Å²) in [7, 11) is 0. The van der Waals surface area contributed by atoms with Crippen molar-refractivity contribution < 1.29 is 0 Å². The van der Waals surface area contributed by atoms with Crippen molar-refractivity contribution >= 4 is 11.4 Å². The van der Waals surface area contributed by atoms with Crippen LogP contribution in [0.2, 0.25) is 0 Å². The summed E-state index contributed by atoms with van der Waals surface area (Å²) in [6, 6.07) is 6.08. The second-order valence-electron chi connectivity index (χ2n) is 7.50. The zero-order valence-corrected chi connectivity index (χ0v) is 16.1. The first-order valence-corrected chi connectivity index (χ1v) is 9.19. The molecule has 0 N–H and O–H groups in total. The fourth-order valence-electron chi connectivity index (χ4n) is 3.32. The van der Waals surface area contributed by atoms with Crippen molar-refractivity contribution in [3.63, 3.8) is 0 Å². The van der Waals surface area contributed by atoms with Crippen LogP contribution in [0, 0.1) is 0 Å². The number of nitrogens with zero attached hydrogens (tertiary/aromatic N) is 3. The molecule has 0 radical (unpaired) electrons. The van der Waals surface area contributed by atoms with E-state index in [0.29, 0.717) is 0 Å². The third kappa shape index (κ3) is 4.34. The molecule has 0 spiro atoms. The van der Waals surface area contributed by atoms with E-state index in [4.69, 9.17) is 15.0 Å². The van der Waals surface area contributed by atoms with E-state index in [0.717, 1.165) is 35.7 Å². The average molecular weight is 345 g/mol. The van der Waals surface area contributed by atoms with Gasteiger partial charge in [0.15, 0.2) is 0 Å². The van der Waals surface area contributed by atoms with Gasteiger partial charge in [0, 0.05) is 0 Å². The Kier molecular flexibility index (Phi) is 5.17. The predicted molar refractivity (Wildman–Crippen MR) is 111 cm³/mol. The van der Waals surface area contributed by atoms with E-state index in [9.17, 15) is 0 Å². The molecular weight excluding hydrogens is 318 g/mol. The molecule has 1 aromatic rings. The van der Waals surface area contributed by atoms with Gasteiger partial charge in [-0.2, -0.15) is 0 Å². The van der Waals surface area contributed by atoms with E-state index < -0.39 is 0 Å². The maximum Gasteiger partial charge on any atom is 0.0845 e. The number of hydrogen-bond acceptors (Lipinski definition) is 3. The summed E-state index contributed by atoms with van der Waals surface area (Å²) < 4.78 is 0. The van der Waals surface area contributed by atoms with Crippen molar-refractivity contribution in [1.82, 2.24) is 4.98 Å². The van der Waals surface area contributed by atoms with Gasteiger partial charge in [-0.15, -0.1) is 0 Å². The molecule has 0 saturated heterocycles. The lowest BCUT2D eigenvalue weighted by Gasteiger charge is -2.23. The fraction of sp³-hybridized carbons (Fsp3) is 0.348. The summed E-state index contributed by atoms with van der Waals surface area (Å²) in [5, 5.41) is 0. The van der Waals surface area contributed by atoms with Crippen LogP contribution < -0.4 is 0 Å². The lowest BCUT2D eigenvalue weighted by molar-refractivity contribution is 0.592. The number of hydrogen-bond donors (Lipinski definition) is 0. The highest BCUT2D eigenvalue weighted by Gasteiger charge is 2.21. The third-order valence-electron chi connectivity index (χ3n) is 4.80. The average Bonchev–Trinajstić information content (AvgIpc) is 2.62. The first-order valence-electron chi connectivity index (χ1n) is 9.19. The van der Waals surface area contributed by atoms with Gasteiger partial charge in [0.05, 0.1) is 33.9 Å². The molecular formula is C23H27N3. The van der Waals surface area contributed by atoms with E-state index in [2.05, 4.69) is 62.5 Å². The minimum absolute atomic E-state index is 0.188. The third-order valence-corrected chi connectivity index (χ3v) is 4.80. The monoisotopic (exact) mass is 345 g/mol. The van der Waals surface area contributed by atoms with Gasteiger partial charge in [0.2, 0.25) is 0 Å². The van der Waals surface area contributed by atoms with Crippen LogP contribution in [0.1, 0.15) is 51.9 Å². The van der Waals surface area contributed by atoms with E-state index >= 15 is 0 Å². The van der Waals surface area contributed by atoms with E-state index in [1.165, 1.54) is 0 Å². The second-order valence-corrected chi connectivity index (χ2v) is 7.50. The van der Waals surface area contributed by atoms with Crippen LogP contribution in [-0.2, 0) is 0 Å². The van der Waals surface area contributed by atoms with Gasteiger partial charge in [-0.25, -0.2) is 4.98 Å². The molecule has 3 nitrogen and oxygen atoms in total. The summed E-state index contributed by atoms with van der Waals surface area (Å²) in [5.74, 6) is 0. The highest BCUT2D eigenvalue weighted by atomic mass is 14.9. The van der Waals surface area contributed by atoms with Gasteiger partial charge in [0.25, 0.3) is 0 Å². The number of rotatable bonds is 4. The Balaban J connectivity index is 1.86. The lowest BCUT2D eigenvalue weighted by Crippen LogP contribution is -2.22. The smallest absolute Gasteiger partial charge is 0.0845 e. The van der Waals surface area contributed by atoms with Crippen molar-refractivity contribution in [3.05, 3.63) is 78.2 Å². The van der Waals surface area contributed by atoms with Crippen molar-refractivity contribution in [1.29, 1.82) is 0 Å². The zero-order chi connectivity index (χ0) is 18.6. The Morgan fingerprint density at radius 3 is 1.65 bits per heavy atom. The SMILES string of the molecule is CC(=NC1(C)C=CC=CC1)c1cccc(C(C)=NC2(C)C=CC=CC2)n1. The molecule has 1 heterocycles. The molecule has 0 saturated carbocycles. The highest BCUT2D eigenvalue weighted by Crippen LogP contribution is 2.24. The lowest BCUT2D eigenvalue weighted by atomic mass is 9.94. The van der Waals surface area contributed by atoms with E-state index in [1.54, 1.807) is 0 Å². The summed E-state index contributed by atoms with van der Waals surface area (Å²) in [6.07, 6.45) is 18.7. The molecule has 1 aromatic heterocycles. The number of aromatic nitrogens is 1. The predicted octanol–water partition coefficient (Wildman–Crippen LogP) is 5.25. The quantitative estimate of drug-likeness (QED) is 0.687. The molecule has 0 aromatic carbocycles. The van der Waals surface area contributed by atoms with Crippen LogP contribution in [0.15, 0.2) is 76.8 Å². The summed E-state index contributed by atoms with van der Waals surface area (Å²) in [6.45, 7) is 8.37. The number of pyridine rings is 1. The highest BCUT2D eigenvalue weighted by molar-refractivity contribution is 6.01. The van der Waals surface area contributed by atoms with Crippen molar-refractivity contribution in [2.75, 3.05) is 0 Å². The summed E-state index contributed by atoms with van der Waals surface area (Å²) >= 11 is 0. The molecule has 0 aliphatic heterocycles.